The summed E-state index contributed by atoms with van der Waals surface area (Å²) in [7, 11) is 0. The molecule has 33 heavy (non-hydrogen) atoms. The molecule has 2 fully saturated rings. The van der Waals surface area contributed by atoms with Crippen molar-refractivity contribution in [2.75, 3.05) is 49.1 Å². The summed E-state index contributed by atoms with van der Waals surface area (Å²) in [4.78, 5) is 23.8. The van der Waals surface area contributed by atoms with Crippen molar-refractivity contribution in [3.63, 3.8) is 0 Å². The van der Waals surface area contributed by atoms with Gasteiger partial charge in [-0.3, -0.25) is 9.78 Å². The van der Waals surface area contributed by atoms with Crippen molar-refractivity contribution in [3.05, 3.63) is 65.9 Å². The van der Waals surface area contributed by atoms with Gasteiger partial charge in [-0.25, -0.2) is 0 Å². The minimum atomic E-state index is -0.00714. The van der Waals surface area contributed by atoms with Crippen molar-refractivity contribution in [1.29, 1.82) is 0 Å². The standard InChI is InChI=1S/C25H27ClN6O/c26-21-5-1-2-6-23(21)30-14-16-31(17-15-30)25(33)20-4-3-13-32(18-20)24-8-7-22(28-29-24)19-9-11-27-12-10-19/h1-2,5-12,20H,3-4,13-18H2. The third-order valence-corrected chi connectivity index (χ3v) is 6.83. The molecular formula is C25H27ClN6O. The minimum absolute atomic E-state index is 0.00714. The first-order valence-corrected chi connectivity index (χ1v) is 11.8. The first kappa shape index (κ1) is 21.6. The second-order valence-corrected chi connectivity index (χ2v) is 8.97. The van der Waals surface area contributed by atoms with E-state index in [1.54, 1.807) is 12.4 Å². The number of rotatable bonds is 4. The summed E-state index contributed by atoms with van der Waals surface area (Å²) in [6.07, 6.45) is 5.40. The number of para-hydroxylation sites is 1. The van der Waals surface area contributed by atoms with Crippen LogP contribution in [-0.4, -0.2) is 65.3 Å². The fourth-order valence-electron chi connectivity index (χ4n) is 4.69. The van der Waals surface area contributed by atoms with Gasteiger partial charge in [0, 0.05) is 57.2 Å². The quantitative estimate of drug-likeness (QED) is 0.588. The fourth-order valence-corrected chi connectivity index (χ4v) is 4.95. The summed E-state index contributed by atoms with van der Waals surface area (Å²) in [6, 6.07) is 15.7. The predicted octanol–water partition coefficient (Wildman–Crippen LogP) is 3.76. The number of carbonyl (C=O) groups is 1. The highest BCUT2D eigenvalue weighted by Crippen LogP contribution is 2.28. The molecule has 2 aliphatic rings. The van der Waals surface area contributed by atoms with Gasteiger partial charge in [0.2, 0.25) is 5.91 Å². The van der Waals surface area contributed by atoms with Crippen molar-refractivity contribution < 1.29 is 4.79 Å². The largest absolute Gasteiger partial charge is 0.367 e. The summed E-state index contributed by atoms with van der Waals surface area (Å²) in [6.45, 7) is 4.63. The molecule has 2 aliphatic heterocycles. The van der Waals surface area contributed by atoms with E-state index in [9.17, 15) is 4.79 Å². The molecule has 1 atom stereocenters. The zero-order chi connectivity index (χ0) is 22.6. The van der Waals surface area contributed by atoms with Gasteiger partial charge in [-0.05, 0) is 49.2 Å². The van der Waals surface area contributed by atoms with Crippen LogP contribution in [0, 0.1) is 5.92 Å². The maximum Gasteiger partial charge on any atom is 0.227 e. The van der Waals surface area contributed by atoms with Crippen molar-refractivity contribution in [2.24, 2.45) is 5.92 Å². The molecule has 0 spiro atoms. The summed E-state index contributed by atoms with van der Waals surface area (Å²) in [5.74, 6) is 1.07. The fraction of sp³-hybridized carbons (Fsp3) is 0.360. The lowest BCUT2D eigenvalue weighted by Crippen LogP contribution is -2.52. The molecule has 0 radical (unpaired) electrons. The van der Waals surface area contributed by atoms with Gasteiger partial charge in [-0.15, -0.1) is 10.2 Å². The Kier molecular flexibility index (Phi) is 6.39. The number of piperidine rings is 1. The minimum Gasteiger partial charge on any atom is -0.367 e. The highest BCUT2D eigenvalue weighted by atomic mass is 35.5. The number of halogens is 1. The molecule has 5 rings (SSSR count). The summed E-state index contributed by atoms with van der Waals surface area (Å²) >= 11 is 6.36. The lowest BCUT2D eigenvalue weighted by Gasteiger charge is -2.40. The van der Waals surface area contributed by atoms with Gasteiger partial charge in [-0.2, -0.15) is 0 Å². The van der Waals surface area contributed by atoms with Gasteiger partial charge in [0.25, 0.3) is 0 Å². The monoisotopic (exact) mass is 462 g/mol. The molecule has 0 saturated carbocycles. The van der Waals surface area contributed by atoms with Crippen LogP contribution in [0.4, 0.5) is 11.5 Å². The van der Waals surface area contributed by atoms with E-state index in [0.29, 0.717) is 6.54 Å². The Morgan fingerprint density at radius 3 is 2.39 bits per heavy atom. The van der Waals surface area contributed by atoms with Crippen LogP contribution in [0.3, 0.4) is 0 Å². The molecular weight excluding hydrogens is 436 g/mol. The van der Waals surface area contributed by atoms with Crippen LogP contribution in [-0.2, 0) is 4.79 Å². The van der Waals surface area contributed by atoms with Gasteiger partial charge in [-0.1, -0.05) is 23.7 Å². The van der Waals surface area contributed by atoms with E-state index in [-0.39, 0.29) is 11.8 Å². The van der Waals surface area contributed by atoms with Gasteiger partial charge >= 0.3 is 0 Å². The maximum atomic E-state index is 13.3. The molecule has 0 aliphatic carbocycles. The topological polar surface area (TPSA) is 65.5 Å². The van der Waals surface area contributed by atoms with Crippen molar-refractivity contribution in [1.82, 2.24) is 20.1 Å². The Balaban J connectivity index is 1.19. The molecule has 0 bridgehead atoms. The average molecular weight is 463 g/mol. The number of piperazine rings is 1. The molecule has 7 nitrogen and oxygen atoms in total. The summed E-state index contributed by atoms with van der Waals surface area (Å²) in [5.41, 5.74) is 2.86. The number of nitrogens with zero attached hydrogens (tertiary/aromatic N) is 6. The number of aromatic nitrogens is 3. The average Bonchev–Trinajstić information content (AvgIpc) is 2.89. The molecule has 3 aromatic rings. The Bertz CT molecular complexity index is 1090. The van der Waals surface area contributed by atoms with E-state index in [1.807, 2.05) is 53.4 Å². The number of anilines is 2. The highest BCUT2D eigenvalue weighted by molar-refractivity contribution is 6.33. The number of hydrogen-bond donors (Lipinski definition) is 0. The second kappa shape index (κ2) is 9.75. The lowest BCUT2D eigenvalue weighted by molar-refractivity contribution is -0.136. The van der Waals surface area contributed by atoms with Gasteiger partial charge < -0.3 is 14.7 Å². The van der Waals surface area contributed by atoms with Crippen molar-refractivity contribution in [2.45, 2.75) is 12.8 Å². The zero-order valence-corrected chi connectivity index (χ0v) is 19.2. The van der Waals surface area contributed by atoms with Gasteiger partial charge in [0.15, 0.2) is 5.82 Å². The molecule has 170 valence electrons. The SMILES string of the molecule is O=C(C1CCCN(c2ccc(-c3ccncc3)nn2)C1)N1CCN(c2ccccc2Cl)CC1. The van der Waals surface area contributed by atoms with E-state index in [4.69, 9.17) is 11.6 Å². The van der Waals surface area contributed by atoms with E-state index in [2.05, 4.69) is 25.0 Å². The number of carbonyl (C=O) groups excluding carboxylic acids is 1. The van der Waals surface area contributed by atoms with E-state index in [1.165, 1.54) is 0 Å². The first-order chi connectivity index (χ1) is 16.2. The van der Waals surface area contributed by atoms with Gasteiger partial charge in [0.1, 0.15) is 0 Å². The van der Waals surface area contributed by atoms with Crippen molar-refractivity contribution >= 4 is 29.0 Å². The molecule has 1 unspecified atom stereocenters. The summed E-state index contributed by atoms with van der Waals surface area (Å²) in [5, 5.41) is 9.61. The highest BCUT2D eigenvalue weighted by Gasteiger charge is 2.32. The molecule has 8 heteroatoms. The Morgan fingerprint density at radius 2 is 1.67 bits per heavy atom. The van der Waals surface area contributed by atoms with E-state index in [0.717, 1.165) is 73.4 Å². The Morgan fingerprint density at radius 1 is 0.879 bits per heavy atom. The number of hydrogen-bond acceptors (Lipinski definition) is 6. The Labute approximate surface area is 199 Å². The van der Waals surface area contributed by atoms with Crippen LogP contribution in [0.25, 0.3) is 11.3 Å². The zero-order valence-electron chi connectivity index (χ0n) is 18.5. The van der Waals surface area contributed by atoms with Crippen LogP contribution in [0.2, 0.25) is 5.02 Å². The van der Waals surface area contributed by atoms with Crippen LogP contribution in [0.15, 0.2) is 60.9 Å². The molecule has 2 aromatic heterocycles. The second-order valence-electron chi connectivity index (χ2n) is 8.56. The van der Waals surface area contributed by atoms with Crippen LogP contribution < -0.4 is 9.80 Å². The summed E-state index contributed by atoms with van der Waals surface area (Å²) < 4.78 is 0. The predicted molar refractivity (Wildman–Crippen MR) is 130 cm³/mol. The van der Waals surface area contributed by atoms with Gasteiger partial charge in [0.05, 0.1) is 22.3 Å². The van der Waals surface area contributed by atoms with Crippen LogP contribution in [0.1, 0.15) is 12.8 Å². The number of pyridine rings is 1. The molecule has 4 heterocycles. The molecule has 1 amide bonds. The van der Waals surface area contributed by atoms with Crippen LogP contribution >= 0.6 is 11.6 Å². The lowest BCUT2D eigenvalue weighted by atomic mass is 9.96. The Hall–Kier alpha value is -3.19. The molecule has 2 saturated heterocycles. The number of benzene rings is 1. The van der Waals surface area contributed by atoms with Crippen molar-refractivity contribution in [3.8, 4) is 11.3 Å². The normalized spacial score (nSPS) is 18.9. The first-order valence-electron chi connectivity index (χ1n) is 11.5. The van der Waals surface area contributed by atoms with E-state index < -0.39 is 0 Å². The molecule has 1 aromatic carbocycles. The third kappa shape index (κ3) is 4.78. The molecule has 0 N–H and O–H groups in total. The van der Waals surface area contributed by atoms with Crippen LogP contribution in [0.5, 0.6) is 0 Å². The third-order valence-electron chi connectivity index (χ3n) is 6.51. The number of amides is 1. The smallest absolute Gasteiger partial charge is 0.227 e. The van der Waals surface area contributed by atoms with E-state index >= 15 is 0 Å². The maximum absolute atomic E-state index is 13.3.